The molecule has 4 nitrogen and oxygen atoms in total. The van der Waals surface area contributed by atoms with Gasteiger partial charge in [0, 0.05) is 0 Å². The van der Waals surface area contributed by atoms with Gasteiger partial charge in [-0.3, -0.25) is 0 Å². The Labute approximate surface area is 69.3 Å². The van der Waals surface area contributed by atoms with Crippen LogP contribution in [0.25, 0.3) is 0 Å². The lowest BCUT2D eigenvalue weighted by Crippen LogP contribution is -2.14. The average molecular weight is 162 g/mol. The highest BCUT2D eigenvalue weighted by Gasteiger charge is 2.04. The number of nitrogens with one attached hydrogen (secondary N) is 1. The number of carbonyl (C=O) groups excluding carboxylic acids is 1. The zero-order valence-corrected chi connectivity index (χ0v) is 6.15. The topological polar surface area (TPSA) is 62.1 Å². The Morgan fingerprint density at radius 2 is 2.08 bits per heavy atom. The fraction of sp³-hybridized carbons (Fsp3) is 0. The van der Waals surface area contributed by atoms with E-state index in [4.69, 9.17) is 5.26 Å². The summed E-state index contributed by atoms with van der Waals surface area (Å²) in [7, 11) is 0. The van der Waals surface area contributed by atoms with Gasteiger partial charge in [-0.25, -0.2) is 4.79 Å². The van der Waals surface area contributed by atoms with Crippen LogP contribution in [0.4, 0.5) is 0 Å². The molecule has 12 heavy (non-hydrogen) atoms. The van der Waals surface area contributed by atoms with Crippen molar-refractivity contribution in [3.63, 3.8) is 0 Å². The van der Waals surface area contributed by atoms with Crippen LogP contribution in [0, 0.1) is 11.5 Å². The summed E-state index contributed by atoms with van der Waals surface area (Å²) in [5.74, 6) is -0.572. The number of hydrogen-bond donors (Lipinski definition) is 1. The largest absolute Gasteiger partial charge is 0.363 e. The highest BCUT2D eigenvalue weighted by Crippen LogP contribution is 1.98. The number of benzene rings is 1. The SMILES string of the molecule is N#CNOC(=O)c1ccccc1. The smallest absolute Gasteiger partial charge is 0.329 e. The van der Waals surface area contributed by atoms with Gasteiger partial charge < -0.3 is 4.84 Å². The van der Waals surface area contributed by atoms with Gasteiger partial charge in [-0.1, -0.05) is 18.2 Å². The molecule has 0 saturated heterocycles. The normalized spacial score (nSPS) is 8.25. The van der Waals surface area contributed by atoms with Crippen molar-refractivity contribution in [1.29, 1.82) is 5.26 Å². The van der Waals surface area contributed by atoms with Gasteiger partial charge in [0.25, 0.3) is 0 Å². The van der Waals surface area contributed by atoms with E-state index in [2.05, 4.69) is 4.84 Å². The summed E-state index contributed by atoms with van der Waals surface area (Å²) in [6.07, 6.45) is 1.48. The lowest BCUT2D eigenvalue weighted by atomic mass is 10.2. The standard InChI is InChI=1S/C8H6N2O2/c9-6-10-12-8(11)7-4-2-1-3-5-7/h1-5,10H. The first-order valence-electron chi connectivity index (χ1n) is 3.25. The van der Waals surface area contributed by atoms with Crippen LogP contribution in [0.5, 0.6) is 0 Å². The van der Waals surface area contributed by atoms with Crippen LogP contribution in [-0.4, -0.2) is 5.97 Å². The third-order valence-electron chi connectivity index (χ3n) is 1.20. The van der Waals surface area contributed by atoms with Crippen molar-refractivity contribution in [1.82, 2.24) is 5.48 Å². The van der Waals surface area contributed by atoms with E-state index in [1.165, 1.54) is 6.19 Å². The minimum absolute atomic E-state index is 0.403. The molecule has 0 radical (unpaired) electrons. The van der Waals surface area contributed by atoms with Crippen molar-refractivity contribution < 1.29 is 9.63 Å². The Kier molecular flexibility index (Phi) is 2.68. The lowest BCUT2D eigenvalue weighted by Gasteiger charge is -1.98. The molecule has 0 aliphatic rings. The summed E-state index contributed by atoms with van der Waals surface area (Å²) in [6, 6.07) is 8.41. The van der Waals surface area contributed by atoms with Gasteiger partial charge >= 0.3 is 5.97 Å². The number of rotatable bonds is 2. The molecule has 60 valence electrons. The maximum Gasteiger partial charge on any atom is 0.363 e. The Balaban J connectivity index is 2.61. The molecule has 0 saturated carbocycles. The second-order valence-electron chi connectivity index (χ2n) is 1.97. The molecule has 0 spiro atoms. The monoisotopic (exact) mass is 162 g/mol. The van der Waals surface area contributed by atoms with E-state index in [1.54, 1.807) is 35.8 Å². The summed E-state index contributed by atoms with van der Waals surface area (Å²) in [5, 5.41) is 8.02. The van der Waals surface area contributed by atoms with Gasteiger partial charge in [-0.15, -0.1) is 0 Å². The molecule has 1 aromatic carbocycles. The van der Waals surface area contributed by atoms with E-state index in [1.807, 2.05) is 0 Å². The van der Waals surface area contributed by atoms with Crippen LogP contribution in [-0.2, 0) is 4.84 Å². The average Bonchev–Trinajstić information content (AvgIpc) is 2.15. The van der Waals surface area contributed by atoms with Crippen molar-refractivity contribution in [2.45, 2.75) is 0 Å². The number of nitriles is 1. The second-order valence-corrected chi connectivity index (χ2v) is 1.97. The van der Waals surface area contributed by atoms with E-state index in [9.17, 15) is 4.79 Å². The Morgan fingerprint density at radius 1 is 1.42 bits per heavy atom. The zero-order chi connectivity index (χ0) is 8.81. The number of hydroxylamine groups is 1. The minimum Gasteiger partial charge on any atom is -0.329 e. The van der Waals surface area contributed by atoms with Gasteiger partial charge in [-0.05, 0) is 12.1 Å². The number of carbonyl (C=O) groups is 1. The van der Waals surface area contributed by atoms with E-state index < -0.39 is 5.97 Å². The quantitative estimate of drug-likeness (QED) is 0.397. The molecule has 1 rings (SSSR count). The van der Waals surface area contributed by atoms with Gasteiger partial charge in [0.15, 0.2) is 0 Å². The van der Waals surface area contributed by atoms with Crippen LogP contribution in [0.2, 0.25) is 0 Å². The summed E-state index contributed by atoms with van der Waals surface area (Å²) in [6.45, 7) is 0. The minimum atomic E-state index is -0.572. The van der Waals surface area contributed by atoms with Crippen LogP contribution >= 0.6 is 0 Å². The van der Waals surface area contributed by atoms with Gasteiger partial charge in [-0.2, -0.15) is 10.7 Å². The molecular formula is C8H6N2O2. The molecule has 0 heterocycles. The first-order valence-corrected chi connectivity index (χ1v) is 3.25. The van der Waals surface area contributed by atoms with Crippen molar-refractivity contribution in [3.8, 4) is 6.19 Å². The van der Waals surface area contributed by atoms with E-state index in [-0.39, 0.29) is 0 Å². The molecule has 0 aliphatic heterocycles. The number of nitrogens with zero attached hydrogens (tertiary/aromatic N) is 1. The Hall–Kier alpha value is -2.02. The molecule has 4 heteroatoms. The van der Waals surface area contributed by atoms with Crippen LogP contribution in [0.1, 0.15) is 10.4 Å². The number of hydrogen-bond acceptors (Lipinski definition) is 4. The summed E-state index contributed by atoms with van der Waals surface area (Å²) >= 11 is 0. The van der Waals surface area contributed by atoms with Crippen molar-refractivity contribution in [2.75, 3.05) is 0 Å². The first-order chi connectivity index (χ1) is 5.84. The molecule has 0 atom stereocenters. The van der Waals surface area contributed by atoms with Gasteiger partial charge in [0.2, 0.25) is 6.19 Å². The molecule has 0 amide bonds. The summed E-state index contributed by atoms with van der Waals surface area (Å²) < 4.78 is 0. The van der Waals surface area contributed by atoms with Crippen molar-refractivity contribution in [3.05, 3.63) is 35.9 Å². The van der Waals surface area contributed by atoms with E-state index in [0.29, 0.717) is 5.56 Å². The fourth-order valence-electron chi connectivity index (χ4n) is 0.702. The highest BCUT2D eigenvalue weighted by atomic mass is 16.7. The first kappa shape index (κ1) is 8.08. The molecular weight excluding hydrogens is 156 g/mol. The molecule has 0 aliphatic carbocycles. The Morgan fingerprint density at radius 3 is 2.67 bits per heavy atom. The van der Waals surface area contributed by atoms with Crippen LogP contribution < -0.4 is 5.48 Å². The van der Waals surface area contributed by atoms with Gasteiger partial charge in [0.05, 0.1) is 5.56 Å². The maximum absolute atomic E-state index is 11.0. The molecule has 0 bridgehead atoms. The predicted molar refractivity (Wildman–Crippen MR) is 40.6 cm³/mol. The van der Waals surface area contributed by atoms with Crippen molar-refractivity contribution in [2.24, 2.45) is 0 Å². The molecule has 1 N–H and O–H groups in total. The molecule has 0 unspecified atom stereocenters. The highest BCUT2D eigenvalue weighted by molar-refractivity contribution is 5.89. The summed E-state index contributed by atoms with van der Waals surface area (Å²) in [4.78, 5) is 15.3. The fourth-order valence-corrected chi connectivity index (χ4v) is 0.702. The summed E-state index contributed by atoms with van der Waals surface area (Å²) in [5.41, 5.74) is 2.21. The second kappa shape index (κ2) is 3.98. The Bertz CT molecular complexity index is 303. The molecule has 0 fully saturated rings. The zero-order valence-electron chi connectivity index (χ0n) is 6.15. The van der Waals surface area contributed by atoms with Crippen LogP contribution in [0.15, 0.2) is 30.3 Å². The molecule has 1 aromatic rings. The van der Waals surface area contributed by atoms with E-state index in [0.717, 1.165) is 0 Å². The van der Waals surface area contributed by atoms with Gasteiger partial charge in [0.1, 0.15) is 0 Å². The third-order valence-corrected chi connectivity index (χ3v) is 1.20. The maximum atomic E-state index is 11.0. The van der Waals surface area contributed by atoms with E-state index >= 15 is 0 Å². The van der Waals surface area contributed by atoms with Crippen molar-refractivity contribution >= 4 is 5.97 Å². The lowest BCUT2D eigenvalue weighted by molar-refractivity contribution is 0.0364. The van der Waals surface area contributed by atoms with Crippen LogP contribution in [0.3, 0.4) is 0 Å². The third kappa shape index (κ3) is 1.99. The molecule has 0 aromatic heterocycles. The predicted octanol–water partition coefficient (Wildman–Crippen LogP) is 0.829.